The molecular formula is C21H19N3O5S. The highest BCUT2D eigenvalue weighted by Crippen LogP contribution is 2.27. The van der Waals surface area contributed by atoms with Crippen LogP contribution in [0.15, 0.2) is 59.6 Å². The Morgan fingerprint density at radius 3 is 2.67 bits per heavy atom. The molecule has 0 fully saturated rings. The number of hydrogen-bond acceptors (Lipinski definition) is 4. The van der Waals surface area contributed by atoms with E-state index in [1.54, 1.807) is 49.5 Å². The summed E-state index contributed by atoms with van der Waals surface area (Å²) in [4.78, 5) is 22.9. The van der Waals surface area contributed by atoms with Crippen molar-refractivity contribution in [2.24, 2.45) is 0 Å². The van der Waals surface area contributed by atoms with Gasteiger partial charge >= 0.3 is 5.97 Å². The molecule has 1 aromatic heterocycles. The van der Waals surface area contributed by atoms with Gasteiger partial charge < -0.3 is 15.0 Å². The number of carboxylic acids is 1. The van der Waals surface area contributed by atoms with Gasteiger partial charge in [0, 0.05) is 29.7 Å². The molecule has 3 N–H and O–H groups in total. The van der Waals surface area contributed by atoms with E-state index in [2.05, 4.69) is 10.0 Å². The number of sulfonamides is 1. The van der Waals surface area contributed by atoms with Crippen molar-refractivity contribution in [3.05, 3.63) is 71.5 Å². The molecular weight excluding hydrogens is 406 g/mol. The molecule has 9 heteroatoms. The first-order chi connectivity index (χ1) is 14.2. The number of hydrogen-bond donors (Lipinski definition) is 3. The number of nitrogens with zero attached hydrogens (tertiary/aromatic N) is 1. The molecule has 0 bridgehead atoms. The van der Waals surface area contributed by atoms with Crippen molar-refractivity contribution in [3.63, 3.8) is 0 Å². The van der Waals surface area contributed by atoms with Gasteiger partial charge in [0.1, 0.15) is 5.69 Å². The molecule has 4 rings (SSSR count). The number of rotatable bonds is 5. The van der Waals surface area contributed by atoms with Crippen LogP contribution >= 0.6 is 0 Å². The van der Waals surface area contributed by atoms with Crippen molar-refractivity contribution < 1.29 is 23.1 Å². The number of fused-ring (bicyclic) bond motifs is 1. The first-order valence-electron chi connectivity index (χ1n) is 9.22. The van der Waals surface area contributed by atoms with Gasteiger partial charge in [-0.1, -0.05) is 0 Å². The summed E-state index contributed by atoms with van der Waals surface area (Å²) in [6.45, 7) is 1.78. The number of benzene rings is 2. The first kappa shape index (κ1) is 19.7. The second-order valence-corrected chi connectivity index (χ2v) is 8.72. The lowest BCUT2D eigenvalue weighted by Gasteiger charge is -2.18. The summed E-state index contributed by atoms with van der Waals surface area (Å²) in [5.41, 5.74) is 3.25. The highest BCUT2D eigenvalue weighted by molar-refractivity contribution is 7.92. The molecule has 0 atom stereocenters. The van der Waals surface area contributed by atoms with Gasteiger partial charge in [0.05, 0.1) is 4.90 Å². The number of aromatic carboxylic acids is 1. The van der Waals surface area contributed by atoms with E-state index in [-0.39, 0.29) is 16.5 Å². The minimum Gasteiger partial charge on any atom is -0.477 e. The van der Waals surface area contributed by atoms with E-state index in [0.29, 0.717) is 35.5 Å². The van der Waals surface area contributed by atoms with Gasteiger partial charge in [-0.3, -0.25) is 9.52 Å². The fraction of sp³-hybridized carbons (Fsp3) is 0.143. The highest BCUT2D eigenvalue weighted by atomic mass is 32.2. The van der Waals surface area contributed by atoms with Crippen molar-refractivity contribution in [1.29, 1.82) is 0 Å². The molecule has 2 aromatic carbocycles. The van der Waals surface area contributed by atoms with Crippen LogP contribution < -0.4 is 10.0 Å². The predicted octanol–water partition coefficient (Wildman–Crippen LogP) is 3.17. The second kappa shape index (κ2) is 7.34. The Morgan fingerprint density at radius 1 is 1.13 bits per heavy atom. The zero-order valence-electron chi connectivity index (χ0n) is 16.0. The maximum atomic E-state index is 12.8. The number of anilines is 2. The monoisotopic (exact) mass is 425 g/mol. The summed E-state index contributed by atoms with van der Waals surface area (Å²) in [5.74, 6) is -1.13. The lowest BCUT2D eigenvalue weighted by molar-refractivity contribution is -0.116. The van der Waals surface area contributed by atoms with Crippen molar-refractivity contribution >= 4 is 33.3 Å². The van der Waals surface area contributed by atoms with Crippen LogP contribution in [0.4, 0.5) is 11.4 Å². The molecule has 0 unspecified atom stereocenters. The molecule has 8 nitrogen and oxygen atoms in total. The lowest BCUT2D eigenvalue weighted by Crippen LogP contribution is -2.20. The van der Waals surface area contributed by atoms with Gasteiger partial charge in [-0.15, -0.1) is 0 Å². The van der Waals surface area contributed by atoms with Gasteiger partial charge in [-0.2, -0.15) is 0 Å². The van der Waals surface area contributed by atoms with Crippen molar-refractivity contribution in [3.8, 4) is 5.69 Å². The molecule has 3 aromatic rings. The number of nitrogens with one attached hydrogen (secondary N) is 2. The molecule has 30 heavy (non-hydrogen) atoms. The van der Waals surface area contributed by atoms with Crippen LogP contribution in [0.5, 0.6) is 0 Å². The fourth-order valence-electron chi connectivity index (χ4n) is 3.50. The molecule has 2 heterocycles. The number of carbonyl (C=O) groups is 2. The molecule has 1 aliphatic heterocycles. The summed E-state index contributed by atoms with van der Waals surface area (Å²) in [7, 11) is -3.83. The minimum atomic E-state index is -3.83. The third-order valence-electron chi connectivity index (χ3n) is 4.96. The standard InChI is InChI=1S/C21H19N3O5S/c1-13-11-15(5-8-18(13)24-10-2-3-19(24)21(26)27)23-30(28,29)16-6-7-17-14(12-16)4-9-20(25)22-17/h2-3,5-8,10-12,23H,4,9H2,1H3,(H,22,25)(H,26,27). The SMILES string of the molecule is Cc1cc(NS(=O)(=O)c2ccc3c(c2)CCC(=O)N3)ccc1-n1cccc1C(=O)O. The fourth-order valence-corrected chi connectivity index (χ4v) is 4.60. The van der Waals surface area contributed by atoms with Crippen LogP contribution in [-0.2, 0) is 21.2 Å². The van der Waals surface area contributed by atoms with Crippen molar-refractivity contribution in [2.45, 2.75) is 24.7 Å². The number of carboxylic acid groups (broad SMARTS) is 1. The van der Waals surface area contributed by atoms with Gasteiger partial charge in [-0.25, -0.2) is 13.2 Å². The summed E-state index contributed by atoms with van der Waals surface area (Å²) < 4.78 is 29.8. The third kappa shape index (κ3) is 3.67. The van der Waals surface area contributed by atoms with E-state index >= 15 is 0 Å². The Kier molecular flexibility index (Phi) is 4.83. The number of aromatic nitrogens is 1. The maximum absolute atomic E-state index is 12.8. The minimum absolute atomic E-state index is 0.0828. The van der Waals surface area contributed by atoms with Crippen LogP contribution in [0.25, 0.3) is 5.69 Å². The van der Waals surface area contributed by atoms with Gasteiger partial charge in [0.15, 0.2) is 0 Å². The van der Waals surface area contributed by atoms with Crippen LogP contribution in [0.1, 0.15) is 28.0 Å². The molecule has 0 radical (unpaired) electrons. The first-order valence-corrected chi connectivity index (χ1v) is 10.7. The molecule has 0 spiro atoms. The van der Waals surface area contributed by atoms with Gasteiger partial charge in [-0.05, 0) is 73.0 Å². The largest absolute Gasteiger partial charge is 0.477 e. The van der Waals surface area contributed by atoms with E-state index in [4.69, 9.17) is 0 Å². The summed E-state index contributed by atoms with van der Waals surface area (Å²) in [6.07, 6.45) is 2.45. The van der Waals surface area contributed by atoms with Crippen molar-refractivity contribution in [2.75, 3.05) is 10.0 Å². The van der Waals surface area contributed by atoms with Crippen LogP contribution in [0.3, 0.4) is 0 Å². The normalized spacial score (nSPS) is 13.4. The molecule has 0 saturated carbocycles. The van der Waals surface area contributed by atoms with E-state index in [0.717, 1.165) is 5.56 Å². The van der Waals surface area contributed by atoms with Crippen LogP contribution in [0.2, 0.25) is 0 Å². The average Bonchev–Trinajstić information content (AvgIpc) is 3.17. The number of aryl methyl sites for hydroxylation is 2. The Morgan fingerprint density at radius 2 is 1.93 bits per heavy atom. The molecule has 154 valence electrons. The lowest BCUT2D eigenvalue weighted by atomic mass is 10.0. The Hall–Kier alpha value is -3.59. The topological polar surface area (TPSA) is 117 Å². The Labute approximate surface area is 173 Å². The highest BCUT2D eigenvalue weighted by Gasteiger charge is 2.20. The van der Waals surface area contributed by atoms with E-state index in [9.17, 15) is 23.1 Å². The Bertz CT molecular complexity index is 1280. The zero-order valence-corrected chi connectivity index (χ0v) is 16.9. The van der Waals surface area contributed by atoms with E-state index < -0.39 is 16.0 Å². The number of carbonyl (C=O) groups excluding carboxylic acids is 1. The summed E-state index contributed by atoms with van der Waals surface area (Å²) >= 11 is 0. The smallest absolute Gasteiger partial charge is 0.352 e. The van der Waals surface area contributed by atoms with Crippen LogP contribution in [-0.4, -0.2) is 30.0 Å². The third-order valence-corrected chi connectivity index (χ3v) is 6.34. The summed E-state index contributed by atoms with van der Waals surface area (Å²) in [6, 6.07) is 12.7. The molecule has 1 amide bonds. The van der Waals surface area contributed by atoms with E-state index in [1.165, 1.54) is 16.7 Å². The molecule has 0 saturated heterocycles. The maximum Gasteiger partial charge on any atom is 0.352 e. The van der Waals surface area contributed by atoms with Crippen molar-refractivity contribution in [1.82, 2.24) is 4.57 Å². The molecule has 1 aliphatic rings. The average molecular weight is 425 g/mol. The number of amides is 1. The second-order valence-electron chi connectivity index (χ2n) is 7.04. The quantitative estimate of drug-likeness (QED) is 0.580. The van der Waals surface area contributed by atoms with Crippen LogP contribution in [0, 0.1) is 6.92 Å². The molecule has 0 aliphatic carbocycles. The van der Waals surface area contributed by atoms with Gasteiger partial charge in [0.2, 0.25) is 5.91 Å². The summed E-state index contributed by atoms with van der Waals surface area (Å²) in [5, 5.41) is 12.0. The van der Waals surface area contributed by atoms with Gasteiger partial charge in [0.25, 0.3) is 10.0 Å². The van der Waals surface area contributed by atoms with E-state index in [1.807, 2.05) is 0 Å². The Balaban J connectivity index is 1.61. The predicted molar refractivity (Wildman–Crippen MR) is 112 cm³/mol. The zero-order chi connectivity index (χ0) is 21.5.